The van der Waals surface area contributed by atoms with Gasteiger partial charge in [-0.05, 0) is 41.7 Å². The molecule has 30 heavy (non-hydrogen) atoms. The molecule has 1 atom stereocenters. The molecule has 3 heterocycles. The molecule has 0 spiro atoms. The maximum atomic E-state index is 13.4. The standard InChI is InChI=1S/C24H29N5O/c1-2-11-29-13-12-28(17-22-15-26-18-27-22)16-21(24(29)30)14-20-5-3-4-6-23(20)19-7-9-25-10-8-19/h3-10,15,18,21H,2,11-14,16-17H2,1H3,(H,26,27). The number of carbonyl (C=O) groups excluding carboxylic acids is 1. The monoisotopic (exact) mass is 403 g/mol. The summed E-state index contributed by atoms with van der Waals surface area (Å²) in [5.74, 6) is 0.207. The predicted octanol–water partition coefficient (Wildman–Crippen LogP) is 3.38. The van der Waals surface area contributed by atoms with Crippen LogP contribution in [0.25, 0.3) is 11.1 Å². The van der Waals surface area contributed by atoms with Crippen molar-refractivity contribution in [3.05, 3.63) is 72.6 Å². The van der Waals surface area contributed by atoms with Gasteiger partial charge in [-0.15, -0.1) is 0 Å². The minimum Gasteiger partial charge on any atom is -0.347 e. The number of rotatable bonds is 7. The van der Waals surface area contributed by atoms with Gasteiger partial charge in [0, 0.05) is 57.0 Å². The second-order valence-corrected chi connectivity index (χ2v) is 7.93. The fraction of sp³-hybridized carbons (Fsp3) is 0.375. The first-order valence-corrected chi connectivity index (χ1v) is 10.7. The Kier molecular flexibility index (Phi) is 6.54. The molecule has 1 amide bonds. The second-order valence-electron chi connectivity index (χ2n) is 7.93. The van der Waals surface area contributed by atoms with Crippen LogP contribution in [0.1, 0.15) is 24.6 Å². The van der Waals surface area contributed by atoms with E-state index in [4.69, 9.17) is 0 Å². The van der Waals surface area contributed by atoms with Gasteiger partial charge >= 0.3 is 0 Å². The predicted molar refractivity (Wildman–Crippen MR) is 118 cm³/mol. The Hall–Kier alpha value is -2.99. The molecule has 1 saturated heterocycles. The van der Waals surface area contributed by atoms with Crippen LogP contribution in [-0.2, 0) is 17.8 Å². The fourth-order valence-electron chi connectivity index (χ4n) is 4.29. The van der Waals surface area contributed by atoms with Gasteiger partial charge in [0.05, 0.1) is 12.2 Å². The molecule has 4 rings (SSSR count). The number of amides is 1. The van der Waals surface area contributed by atoms with Gasteiger partial charge in [-0.2, -0.15) is 0 Å². The summed E-state index contributed by atoms with van der Waals surface area (Å²) >= 11 is 0. The van der Waals surface area contributed by atoms with Gasteiger partial charge in [0.25, 0.3) is 0 Å². The van der Waals surface area contributed by atoms with Gasteiger partial charge in [-0.3, -0.25) is 14.7 Å². The lowest BCUT2D eigenvalue weighted by Crippen LogP contribution is -2.37. The molecule has 6 heteroatoms. The van der Waals surface area contributed by atoms with Crippen LogP contribution in [0.2, 0.25) is 0 Å². The summed E-state index contributed by atoms with van der Waals surface area (Å²) < 4.78 is 0. The topological polar surface area (TPSA) is 65.1 Å². The number of aromatic amines is 1. The third-order valence-corrected chi connectivity index (χ3v) is 5.74. The van der Waals surface area contributed by atoms with E-state index < -0.39 is 0 Å². The molecule has 6 nitrogen and oxygen atoms in total. The normalized spacial score (nSPS) is 17.8. The van der Waals surface area contributed by atoms with Gasteiger partial charge in [-0.25, -0.2) is 4.98 Å². The summed E-state index contributed by atoms with van der Waals surface area (Å²) in [6.07, 6.45) is 8.92. The maximum Gasteiger partial charge on any atom is 0.227 e. The van der Waals surface area contributed by atoms with Crippen molar-refractivity contribution in [3.8, 4) is 11.1 Å². The van der Waals surface area contributed by atoms with E-state index in [0.29, 0.717) is 0 Å². The molecule has 1 N–H and O–H groups in total. The first-order chi connectivity index (χ1) is 14.7. The number of imidazole rings is 1. The molecule has 2 aromatic heterocycles. The Morgan fingerprint density at radius 2 is 1.93 bits per heavy atom. The molecular formula is C24H29N5O. The van der Waals surface area contributed by atoms with E-state index in [1.165, 1.54) is 11.1 Å². The molecular weight excluding hydrogens is 374 g/mol. The summed E-state index contributed by atoms with van der Waals surface area (Å²) in [7, 11) is 0. The highest BCUT2D eigenvalue weighted by Crippen LogP contribution is 2.27. The number of nitrogens with zero attached hydrogens (tertiary/aromatic N) is 4. The zero-order valence-corrected chi connectivity index (χ0v) is 17.5. The zero-order valence-electron chi connectivity index (χ0n) is 17.5. The summed E-state index contributed by atoms with van der Waals surface area (Å²) in [6, 6.07) is 12.5. The second kappa shape index (κ2) is 9.67. The van der Waals surface area contributed by atoms with E-state index in [9.17, 15) is 4.79 Å². The van der Waals surface area contributed by atoms with Crippen LogP contribution in [0.5, 0.6) is 0 Å². The van der Waals surface area contributed by atoms with Crippen molar-refractivity contribution in [2.75, 3.05) is 26.2 Å². The smallest absolute Gasteiger partial charge is 0.227 e. The van der Waals surface area contributed by atoms with Crippen LogP contribution in [0.3, 0.4) is 0 Å². The lowest BCUT2D eigenvalue weighted by Gasteiger charge is -2.24. The van der Waals surface area contributed by atoms with E-state index in [1.54, 1.807) is 6.33 Å². The molecule has 1 unspecified atom stereocenters. The van der Waals surface area contributed by atoms with E-state index >= 15 is 0 Å². The van der Waals surface area contributed by atoms with E-state index in [0.717, 1.165) is 56.8 Å². The lowest BCUT2D eigenvalue weighted by atomic mass is 9.91. The van der Waals surface area contributed by atoms with E-state index in [2.05, 4.69) is 51.0 Å². The average Bonchev–Trinajstić information content (AvgIpc) is 3.24. The fourth-order valence-corrected chi connectivity index (χ4v) is 4.29. The summed E-state index contributed by atoms with van der Waals surface area (Å²) in [6.45, 7) is 6.16. The van der Waals surface area contributed by atoms with Crippen LogP contribution in [0.15, 0.2) is 61.3 Å². The van der Waals surface area contributed by atoms with Crippen LogP contribution < -0.4 is 0 Å². The largest absolute Gasteiger partial charge is 0.347 e. The van der Waals surface area contributed by atoms with Crippen molar-refractivity contribution in [1.82, 2.24) is 24.8 Å². The molecule has 0 radical (unpaired) electrons. The van der Waals surface area contributed by atoms with Crippen LogP contribution in [-0.4, -0.2) is 56.8 Å². The number of H-pyrrole nitrogens is 1. The Balaban J connectivity index is 1.59. The van der Waals surface area contributed by atoms with Gasteiger partial charge in [0.15, 0.2) is 0 Å². The minimum atomic E-state index is -0.0649. The van der Waals surface area contributed by atoms with Gasteiger partial charge in [0.2, 0.25) is 5.91 Å². The van der Waals surface area contributed by atoms with Gasteiger partial charge in [-0.1, -0.05) is 31.2 Å². The SMILES string of the molecule is CCCN1CCN(Cc2cnc[nH]2)CC(Cc2ccccc2-c2ccncc2)C1=O. The van der Waals surface area contributed by atoms with Crippen molar-refractivity contribution >= 4 is 5.91 Å². The molecule has 0 bridgehead atoms. The Morgan fingerprint density at radius 3 is 2.70 bits per heavy atom. The first kappa shape index (κ1) is 20.3. The molecule has 1 aromatic carbocycles. The zero-order chi connectivity index (χ0) is 20.8. The van der Waals surface area contributed by atoms with Crippen LogP contribution >= 0.6 is 0 Å². The molecule has 1 aliphatic rings. The van der Waals surface area contributed by atoms with Crippen molar-refractivity contribution in [1.29, 1.82) is 0 Å². The van der Waals surface area contributed by atoms with Crippen molar-refractivity contribution in [2.45, 2.75) is 26.3 Å². The van der Waals surface area contributed by atoms with Crippen molar-refractivity contribution in [2.24, 2.45) is 5.92 Å². The lowest BCUT2D eigenvalue weighted by molar-refractivity contribution is -0.134. The number of carbonyl (C=O) groups is 1. The third-order valence-electron chi connectivity index (χ3n) is 5.74. The summed E-state index contributed by atoms with van der Waals surface area (Å²) in [4.78, 5) is 29.3. The quantitative estimate of drug-likeness (QED) is 0.657. The first-order valence-electron chi connectivity index (χ1n) is 10.7. The van der Waals surface area contributed by atoms with Gasteiger partial charge in [0.1, 0.15) is 0 Å². The highest BCUT2D eigenvalue weighted by Gasteiger charge is 2.30. The number of benzene rings is 1. The Morgan fingerprint density at radius 1 is 1.10 bits per heavy atom. The average molecular weight is 404 g/mol. The number of nitrogens with one attached hydrogen (secondary N) is 1. The highest BCUT2D eigenvalue weighted by molar-refractivity contribution is 5.80. The Bertz CT molecular complexity index is 941. The number of hydrogen-bond acceptors (Lipinski definition) is 4. The molecule has 0 aliphatic carbocycles. The molecule has 3 aromatic rings. The van der Waals surface area contributed by atoms with Crippen molar-refractivity contribution in [3.63, 3.8) is 0 Å². The molecule has 1 fully saturated rings. The molecule has 1 aliphatic heterocycles. The maximum absolute atomic E-state index is 13.4. The number of aromatic nitrogens is 3. The number of hydrogen-bond donors (Lipinski definition) is 1. The Labute approximate surface area is 178 Å². The van der Waals surface area contributed by atoms with E-state index in [-0.39, 0.29) is 11.8 Å². The summed E-state index contributed by atoms with van der Waals surface area (Å²) in [5.41, 5.74) is 4.62. The molecule has 156 valence electrons. The number of pyridine rings is 1. The van der Waals surface area contributed by atoms with Crippen LogP contribution in [0.4, 0.5) is 0 Å². The highest BCUT2D eigenvalue weighted by atomic mass is 16.2. The minimum absolute atomic E-state index is 0.0649. The summed E-state index contributed by atoms with van der Waals surface area (Å²) in [5, 5.41) is 0. The molecule has 0 saturated carbocycles. The van der Waals surface area contributed by atoms with E-state index in [1.807, 2.05) is 35.6 Å². The van der Waals surface area contributed by atoms with Crippen LogP contribution in [0, 0.1) is 5.92 Å². The third kappa shape index (κ3) is 4.76. The van der Waals surface area contributed by atoms with Crippen molar-refractivity contribution < 1.29 is 4.79 Å². The van der Waals surface area contributed by atoms with Gasteiger partial charge < -0.3 is 9.88 Å².